The van der Waals surface area contributed by atoms with Gasteiger partial charge in [0.15, 0.2) is 0 Å². The van der Waals surface area contributed by atoms with Crippen LogP contribution in [0, 0.1) is 12.3 Å². The zero-order chi connectivity index (χ0) is 19.4. The number of carbonyl (C=O) groups is 2. The summed E-state index contributed by atoms with van der Waals surface area (Å²) in [6.45, 7) is 9.37. The fourth-order valence-corrected chi connectivity index (χ4v) is 3.68. The van der Waals surface area contributed by atoms with E-state index in [1.165, 1.54) is 0 Å². The second-order valence-corrected chi connectivity index (χ2v) is 7.55. The summed E-state index contributed by atoms with van der Waals surface area (Å²) in [7, 11) is 0. The van der Waals surface area contributed by atoms with Crippen LogP contribution in [0.25, 0.3) is 0 Å². The molecule has 6 nitrogen and oxygen atoms in total. The van der Waals surface area contributed by atoms with Crippen LogP contribution in [-0.2, 0) is 14.3 Å². The van der Waals surface area contributed by atoms with Crippen LogP contribution in [0.3, 0.4) is 0 Å². The largest absolute Gasteiger partial charge is 0.376 e. The summed E-state index contributed by atoms with van der Waals surface area (Å²) in [5.41, 5.74) is 2.01. The molecule has 1 aliphatic heterocycles. The molecule has 1 aromatic rings. The SMILES string of the molecule is CCN(CC)c1ccc(NC(=O)C2(C(=O)NCC3CCCO3)CC2)c(C)c1. The quantitative estimate of drug-likeness (QED) is 0.688. The molecule has 1 aliphatic carbocycles. The predicted octanol–water partition coefficient (Wildman–Crippen LogP) is 2.86. The average molecular weight is 373 g/mol. The van der Waals surface area contributed by atoms with E-state index in [1.807, 2.05) is 19.1 Å². The van der Waals surface area contributed by atoms with Crippen LogP contribution in [0.4, 0.5) is 11.4 Å². The van der Waals surface area contributed by atoms with Crippen molar-refractivity contribution in [3.63, 3.8) is 0 Å². The van der Waals surface area contributed by atoms with Crippen molar-refractivity contribution in [3.8, 4) is 0 Å². The Morgan fingerprint density at radius 1 is 1.22 bits per heavy atom. The van der Waals surface area contributed by atoms with Gasteiger partial charge in [-0.2, -0.15) is 0 Å². The molecule has 3 rings (SSSR count). The van der Waals surface area contributed by atoms with Crippen molar-refractivity contribution in [1.82, 2.24) is 5.32 Å². The van der Waals surface area contributed by atoms with Gasteiger partial charge in [-0.1, -0.05) is 0 Å². The van der Waals surface area contributed by atoms with Gasteiger partial charge in [-0.05, 0) is 70.2 Å². The molecule has 2 aliphatic rings. The van der Waals surface area contributed by atoms with Crippen LogP contribution in [0.1, 0.15) is 45.1 Å². The van der Waals surface area contributed by atoms with Crippen molar-refractivity contribution in [2.75, 3.05) is 36.5 Å². The molecule has 27 heavy (non-hydrogen) atoms. The third-order valence-electron chi connectivity index (χ3n) is 5.72. The van der Waals surface area contributed by atoms with E-state index >= 15 is 0 Å². The molecule has 0 aromatic heterocycles. The summed E-state index contributed by atoms with van der Waals surface area (Å²) < 4.78 is 5.54. The van der Waals surface area contributed by atoms with E-state index in [1.54, 1.807) is 0 Å². The number of anilines is 2. The van der Waals surface area contributed by atoms with Gasteiger partial charge in [0.1, 0.15) is 5.41 Å². The number of nitrogens with one attached hydrogen (secondary N) is 2. The zero-order valence-electron chi connectivity index (χ0n) is 16.6. The molecular formula is C21H31N3O3. The second-order valence-electron chi connectivity index (χ2n) is 7.55. The number of amides is 2. The predicted molar refractivity (Wildman–Crippen MR) is 107 cm³/mol. The van der Waals surface area contributed by atoms with Crippen molar-refractivity contribution in [2.45, 2.75) is 52.6 Å². The van der Waals surface area contributed by atoms with Crippen molar-refractivity contribution in [3.05, 3.63) is 23.8 Å². The van der Waals surface area contributed by atoms with Gasteiger partial charge in [-0.3, -0.25) is 9.59 Å². The highest BCUT2D eigenvalue weighted by Gasteiger charge is 2.56. The van der Waals surface area contributed by atoms with E-state index in [0.29, 0.717) is 19.4 Å². The highest BCUT2D eigenvalue weighted by atomic mass is 16.5. The minimum Gasteiger partial charge on any atom is -0.376 e. The topological polar surface area (TPSA) is 70.7 Å². The van der Waals surface area contributed by atoms with Crippen molar-refractivity contribution in [2.24, 2.45) is 5.41 Å². The number of ether oxygens (including phenoxy) is 1. The summed E-state index contributed by atoms with van der Waals surface area (Å²) in [5, 5.41) is 5.89. The third-order valence-corrected chi connectivity index (χ3v) is 5.72. The van der Waals surface area contributed by atoms with E-state index in [4.69, 9.17) is 4.74 Å². The number of hydrogen-bond donors (Lipinski definition) is 2. The molecule has 1 aromatic carbocycles. The number of nitrogens with zero attached hydrogens (tertiary/aromatic N) is 1. The summed E-state index contributed by atoms with van der Waals surface area (Å²) in [6.07, 6.45) is 3.30. The summed E-state index contributed by atoms with van der Waals surface area (Å²) in [4.78, 5) is 27.7. The van der Waals surface area contributed by atoms with Gasteiger partial charge in [0.05, 0.1) is 6.10 Å². The Balaban J connectivity index is 1.61. The minimum absolute atomic E-state index is 0.0858. The number of carbonyl (C=O) groups excluding carboxylic acids is 2. The minimum atomic E-state index is -0.914. The van der Waals surface area contributed by atoms with Gasteiger partial charge >= 0.3 is 0 Å². The number of aryl methyl sites for hydroxylation is 1. The Kier molecular flexibility index (Phi) is 6.05. The molecule has 1 unspecified atom stereocenters. The standard InChI is InChI=1S/C21H31N3O3/c1-4-24(5-2)16-8-9-18(15(3)13-16)23-20(26)21(10-11-21)19(25)22-14-17-7-6-12-27-17/h8-9,13,17H,4-7,10-12,14H2,1-3H3,(H,22,25)(H,23,26). The van der Waals surface area contributed by atoms with Crippen LogP contribution in [0.15, 0.2) is 18.2 Å². The molecule has 0 bridgehead atoms. The third kappa shape index (κ3) is 4.26. The maximum atomic E-state index is 12.8. The van der Waals surface area contributed by atoms with Crippen LogP contribution < -0.4 is 15.5 Å². The van der Waals surface area contributed by atoms with E-state index in [2.05, 4.69) is 35.4 Å². The van der Waals surface area contributed by atoms with Crippen molar-refractivity contribution in [1.29, 1.82) is 0 Å². The lowest BCUT2D eigenvalue weighted by Crippen LogP contribution is -2.42. The molecule has 0 radical (unpaired) electrons. The number of rotatable bonds is 8. The number of hydrogen-bond acceptors (Lipinski definition) is 4. The molecule has 1 atom stereocenters. The van der Waals surface area contributed by atoms with Gasteiger partial charge < -0.3 is 20.3 Å². The molecule has 0 spiro atoms. The average Bonchev–Trinajstić information content (AvgIpc) is 3.32. The Hall–Kier alpha value is -2.08. The summed E-state index contributed by atoms with van der Waals surface area (Å²) in [6, 6.07) is 6.04. The van der Waals surface area contributed by atoms with E-state index in [9.17, 15) is 9.59 Å². The maximum Gasteiger partial charge on any atom is 0.240 e. The Bertz CT molecular complexity index is 690. The van der Waals surface area contributed by atoms with Gasteiger partial charge in [0, 0.05) is 37.6 Å². The lowest BCUT2D eigenvalue weighted by atomic mass is 10.0. The van der Waals surface area contributed by atoms with E-state index in [0.717, 1.165) is 49.5 Å². The molecular weight excluding hydrogens is 342 g/mol. The molecule has 2 fully saturated rings. The first-order valence-electron chi connectivity index (χ1n) is 10.1. The van der Waals surface area contributed by atoms with Gasteiger partial charge in [-0.15, -0.1) is 0 Å². The lowest BCUT2D eigenvalue weighted by molar-refractivity contribution is -0.134. The number of benzene rings is 1. The molecule has 2 N–H and O–H groups in total. The van der Waals surface area contributed by atoms with Crippen molar-refractivity contribution >= 4 is 23.2 Å². The molecule has 1 saturated heterocycles. The van der Waals surface area contributed by atoms with Crippen LogP contribution >= 0.6 is 0 Å². The Morgan fingerprint density at radius 3 is 2.52 bits per heavy atom. The van der Waals surface area contributed by atoms with Gasteiger partial charge in [-0.25, -0.2) is 0 Å². The molecule has 1 heterocycles. The van der Waals surface area contributed by atoms with Crippen LogP contribution in [0.2, 0.25) is 0 Å². The van der Waals surface area contributed by atoms with Crippen LogP contribution in [-0.4, -0.2) is 44.2 Å². The molecule has 1 saturated carbocycles. The first kappa shape index (κ1) is 19.7. The van der Waals surface area contributed by atoms with Crippen LogP contribution in [0.5, 0.6) is 0 Å². The molecule has 6 heteroatoms. The molecule has 2 amide bonds. The highest BCUT2D eigenvalue weighted by molar-refractivity contribution is 6.13. The second kappa shape index (κ2) is 8.30. The smallest absolute Gasteiger partial charge is 0.240 e. The monoisotopic (exact) mass is 373 g/mol. The fourth-order valence-electron chi connectivity index (χ4n) is 3.68. The van der Waals surface area contributed by atoms with Gasteiger partial charge in [0.2, 0.25) is 11.8 Å². The fraction of sp³-hybridized carbons (Fsp3) is 0.619. The summed E-state index contributed by atoms with van der Waals surface area (Å²) >= 11 is 0. The van der Waals surface area contributed by atoms with Crippen molar-refractivity contribution < 1.29 is 14.3 Å². The van der Waals surface area contributed by atoms with E-state index < -0.39 is 5.41 Å². The first-order chi connectivity index (χ1) is 13.0. The lowest BCUT2D eigenvalue weighted by Gasteiger charge is -2.23. The van der Waals surface area contributed by atoms with E-state index in [-0.39, 0.29) is 17.9 Å². The maximum absolute atomic E-state index is 12.8. The molecule has 148 valence electrons. The normalized spacial score (nSPS) is 20.2. The zero-order valence-corrected chi connectivity index (χ0v) is 16.6. The highest BCUT2D eigenvalue weighted by Crippen LogP contribution is 2.47. The first-order valence-corrected chi connectivity index (χ1v) is 10.1. The summed E-state index contributed by atoms with van der Waals surface area (Å²) in [5.74, 6) is -0.376. The Morgan fingerprint density at radius 2 is 1.96 bits per heavy atom. The van der Waals surface area contributed by atoms with Gasteiger partial charge in [0.25, 0.3) is 0 Å². The Labute approximate surface area is 161 Å².